The molecular formula is C13H17F3N2O3S. The summed E-state index contributed by atoms with van der Waals surface area (Å²) in [6.45, 7) is 2.95. The van der Waals surface area contributed by atoms with Crippen LogP contribution in [0, 0.1) is 0 Å². The van der Waals surface area contributed by atoms with Crippen LogP contribution in [0.4, 0.5) is 18.9 Å². The van der Waals surface area contributed by atoms with Gasteiger partial charge in [-0.3, -0.25) is 4.90 Å². The number of nitrogen functional groups attached to an aromatic ring is 1. The normalized spacial score (nSPS) is 17.6. The standard InChI is InChI=1S/C13H17F3N2O3S/c14-13(15,16)22(19,20)12-9-11(17)2-1-10(12)3-4-18-5-7-21-8-6-18/h1-2,9H,3-8,17H2. The van der Waals surface area contributed by atoms with E-state index in [0.717, 1.165) is 6.07 Å². The fraction of sp³-hybridized carbons (Fsp3) is 0.538. The van der Waals surface area contributed by atoms with Crippen LogP contribution in [-0.2, 0) is 21.0 Å². The van der Waals surface area contributed by atoms with Crippen LogP contribution in [0.1, 0.15) is 5.56 Å². The number of halogens is 3. The first-order valence-corrected chi connectivity index (χ1v) is 8.20. The molecule has 0 spiro atoms. The van der Waals surface area contributed by atoms with E-state index >= 15 is 0 Å². The Balaban J connectivity index is 2.24. The topological polar surface area (TPSA) is 72.6 Å². The number of ether oxygens (including phenoxy) is 1. The number of morpholine rings is 1. The minimum Gasteiger partial charge on any atom is -0.399 e. The molecule has 2 N–H and O–H groups in total. The summed E-state index contributed by atoms with van der Waals surface area (Å²) >= 11 is 0. The van der Waals surface area contributed by atoms with E-state index in [0.29, 0.717) is 32.8 Å². The van der Waals surface area contributed by atoms with E-state index in [-0.39, 0.29) is 17.7 Å². The Morgan fingerprint density at radius 3 is 2.45 bits per heavy atom. The fourth-order valence-electron chi connectivity index (χ4n) is 2.26. The summed E-state index contributed by atoms with van der Waals surface area (Å²) in [7, 11) is -5.41. The Morgan fingerprint density at radius 1 is 1.23 bits per heavy atom. The summed E-state index contributed by atoms with van der Waals surface area (Å²) in [5.74, 6) is 0. The van der Waals surface area contributed by atoms with E-state index in [1.807, 2.05) is 4.90 Å². The highest BCUT2D eigenvalue weighted by molar-refractivity contribution is 7.92. The van der Waals surface area contributed by atoms with Crippen LogP contribution in [0.25, 0.3) is 0 Å². The molecule has 1 saturated heterocycles. The summed E-state index contributed by atoms with van der Waals surface area (Å²) in [6.07, 6.45) is 0.199. The number of alkyl halides is 3. The molecule has 0 aliphatic carbocycles. The van der Waals surface area contributed by atoms with Crippen LogP contribution in [0.15, 0.2) is 23.1 Å². The molecule has 9 heteroatoms. The molecule has 124 valence electrons. The summed E-state index contributed by atoms with van der Waals surface area (Å²) < 4.78 is 66.8. The Kier molecular flexibility index (Phi) is 4.98. The van der Waals surface area contributed by atoms with Gasteiger partial charge in [0, 0.05) is 25.3 Å². The molecule has 0 unspecified atom stereocenters. The van der Waals surface area contributed by atoms with Crippen molar-refractivity contribution in [2.45, 2.75) is 16.8 Å². The zero-order valence-electron chi connectivity index (χ0n) is 11.8. The van der Waals surface area contributed by atoms with Crippen molar-refractivity contribution in [3.8, 4) is 0 Å². The Labute approximate surface area is 126 Å². The van der Waals surface area contributed by atoms with Crippen molar-refractivity contribution in [2.75, 3.05) is 38.6 Å². The van der Waals surface area contributed by atoms with Crippen LogP contribution >= 0.6 is 0 Å². The van der Waals surface area contributed by atoms with Crippen LogP contribution in [0.5, 0.6) is 0 Å². The maximum Gasteiger partial charge on any atom is 0.501 e. The van der Waals surface area contributed by atoms with Gasteiger partial charge in [-0.25, -0.2) is 8.42 Å². The minimum absolute atomic E-state index is 0.0158. The monoisotopic (exact) mass is 338 g/mol. The highest BCUT2D eigenvalue weighted by Gasteiger charge is 2.47. The van der Waals surface area contributed by atoms with Crippen molar-refractivity contribution in [3.63, 3.8) is 0 Å². The van der Waals surface area contributed by atoms with Gasteiger partial charge in [0.05, 0.1) is 18.1 Å². The van der Waals surface area contributed by atoms with Gasteiger partial charge in [0.25, 0.3) is 9.84 Å². The van der Waals surface area contributed by atoms with Gasteiger partial charge in [-0.1, -0.05) is 6.07 Å². The number of hydrogen-bond donors (Lipinski definition) is 1. The van der Waals surface area contributed by atoms with Crippen LogP contribution < -0.4 is 5.73 Å². The summed E-state index contributed by atoms with van der Waals surface area (Å²) in [4.78, 5) is 1.26. The van der Waals surface area contributed by atoms with Crippen molar-refractivity contribution in [1.29, 1.82) is 0 Å². The predicted molar refractivity (Wildman–Crippen MR) is 75.1 cm³/mol. The van der Waals surface area contributed by atoms with Gasteiger partial charge in [-0.05, 0) is 24.1 Å². The van der Waals surface area contributed by atoms with Crippen molar-refractivity contribution in [2.24, 2.45) is 0 Å². The molecule has 1 aliphatic heterocycles. The average molecular weight is 338 g/mol. The second kappa shape index (κ2) is 6.43. The third-order valence-electron chi connectivity index (χ3n) is 3.49. The van der Waals surface area contributed by atoms with Gasteiger partial charge in [-0.15, -0.1) is 0 Å². The second-order valence-electron chi connectivity index (χ2n) is 5.02. The lowest BCUT2D eigenvalue weighted by molar-refractivity contribution is -0.0436. The lowest BCUT2D eigenvalue weighted by Gasteiger charge is -2.26. The molecule has 1 fully saturated rings. The Hall–Kier alpha value is -1.32. The van der Waals surface area contributed by atoms with E-state index in [9.17, 15) is 21.6 Å². The molecule has 1 heterocycles. The molecule has 0 amide bonds. The van der Waals surface area contributed by atoms with E-state index < -0.39 is 20.2 Å². The molecular weight excluding hydrogens is 321 g/mol. The highest BCUT2D eigenvalue weighted by Crippen LogP contribution is 2.33. The van der Waals surface area contributed by atoms with E-state index in [1.165, 1.54) is 12.1 Å². The Morgan fingerprint density at radius 2 is 1.86 bits per heavy atom. The number of nitrogens with two attached hydrogens (primary N) is 1. The third kappa shape index (κ3) is 3.71. The number of rotatable bonds is 4. The van der Waals surface area contributed by atoms with Crippen molar-refractivity contribution >= 4 is 15.5 Å². The molecule has 0 radical (unpaired) electrons. The predicted octanol–water partition coefficient (Wildman–Crippen LogP) is 1.44. The summed E-state index contributed by atoms with van der Waals surface area (Å²) in [5, 5.41) is 0. The molecule has 5 nitrogen and oxygen atoms in total. The second-order valence-corrected chi connectivity index (χ2v) is 6.93. The van der Waals surface area contributed by atoms with Gasteiger partial charge in [0.1, 0.15) is 0 Å². The van der Waals surface area contributed by atoms with Gasteiger partial charge in [-0.2, -0.15) is 13.2 Å². The molecule has 0 atom stereocenters. The van der Waals surface area contributed by atoms with E-state index in [4.69, 9.17) is 10.5 Å². The number of sulfone groups is 1. The average Bonchev–Trinajstić information content (AvgIpc) is 2.46. The lowest BCUT2D eigenvalue weighted by atomic mass is 10.1. The summed E-state index contributed by atoms with van der Waals surface area (Å²) in [5.41, 5.74) is 0.216. The minimum atomic E-state index is -5.41. The first-order valence-electron chi connectivity index (χ1n) is 6.71. The zero-order valence-corrected chi connectivity index (χ0v) is 12.6. The maximum absolute atomic E-state index is 12.8. The lowest BCUT2D eigenvalue weighted by Crippen LogP contribution is -2.37. The zero-order chi connectivity index (χ0) is 16.4. The smallest absolute Gasteiger partial charge is 0.399 e. The molecule has 22 heavy (non-hydrogen) atoms. The van der Waals surface area contributed by atoms with Gasteiger partial charge < -0.3 is 10.5 Å². The molecule has 0 saturated carbocycles. The number of anilines is 1. The fourth-order valence-corrected chi connectivity index (χ4v) is 3.31. The number of hydrogen-bond acceptors (Lipinski definition) is 5. The van der Waals surface area contributed by atoms with Crippen molar-refractivity contribution in [1.82, 2.24) is 4.90 Å². The first kappa shape index (κ1) is 17.0. The van der Waals surface area contributed by atoms with Crippen molar-refractivity contribution < 1.29 is 26.3 Å². The number of nitrogens with zero attached hydrogens (tertiary/aromatic N) is 1. The summed E-state index contributed by atoms with van der Waals surface area (Å²) in [6, 6.07) is 3.62. The van der Waals surface area contributed by atoms with E-state index in [2.05, 4.69) is 0 Å². The van der Waals surface area contributed by atoms with Crippen LogP contribution in [0.2, 0.25) is 0 Å². The maximum atomic E-state index is 12.8. The van der Waals surface area contributed by atoms with Crippen LogP contribution in [0.3, 0.4) is 0 Å². The third-order valence-corrected chi connectivity index (χ3v) is 5.06. The van der Waals surface area contributed by atoms with Crippen molar-refractivity contribution in [3.05, 3.63) is 23.8 Å². The quantitative estimate of drug-likeness (QED) is 0.841. The Bertz CT molecular complexity index is 626. The molecule has 0 aromatic heterocycles. The molecule has 0 bridgehead atoms. The molecule has 2 rings (SSSR count). The number of benzene rings is 1. The largest absolute Gasteiger partial charge is 0.501 e. The van der Waals surface area contributed by atoms with E-state index in [1.54, 1.807) is 0 Å². The SMILES string of the molecule is Nc1ccc(CCN2CCOCC2)c(S(=O)(=O)C(F)(F)F)c1. The van der Waals surface area contributed by atoms with Crippen LogP contribution in [-0.4, -0.2) is 51.7 Å². The first-order chi connectivity index (χ1) is 10.2. The van der Waals surface area contributed by atoms with Gasteiger partial charge in [0.15, 0.2) is 0 Å². The highest BCUT2D eigenvalue weighted by atomic mass is 32.2. The molecule has 1 aromatic rings. The molecule has 1 aliphatic rings. The molecule has 1 aromatic carbocycles. The van der Waals surface area contributed by atoms with Gasteiger partial charge >= 0.3 is 5.51 Å². The van der Waals surface area contributed by atoms with Gasteiger partial charge in [0.2, 0.25) is 0 Å².